The topological polar surface area (TPSA) is 12.0 Å². The zero-order chi connectivity index (χ0) is 11.1. The van der Waals surface area contributed by atoms with E-state index in [-0.39, 0.29) is 0 Å². The van der Waals surface area contributed by atoms with Crippen LogP contribution < -0.4 is 5.32 Å². The Kier molecular flexibility index (Phi) is 6.31. The molecule has 1 nitrogen and oxygen atoms in total. The Bertz CT molecular complexity index is 155. The monoisotopic (exact) mass is 211 g/mol. The summed E-state index contributed by atoms with van der Waals surface area (Å²) in [7, 11) is 0. The molecule has 90 valence electrons. The molecule has 0 saturated heterocycles. The first-order chi connectivity index (χ1) is 7.29. The first kappa shape index (κ1) is 13.0. The highest BCUT2D eigenvalue weighted by Crippen LogP contribution is 2.35. The fourth-order valence-corrected chi connectivity index (χ4v) is 3.04. The van der Waals surface area contributed by atoms with Crippen molar-refractivity contribution in [2.24, 2.45) is 11.8 Å². The van der Waals surface area contributed by atoms with Crippen LogP contribution in [-0.2, 0) is 0 Å². The maximum atomic E-state index is 3.63. The molecule has 0 bridgehead atoms. The molecule has 1 heteroatoms. The van der Waals surface area contributed by atoms with Crippen molar-refractivity contribution in [2.75, 3.05) is 6.54 Å². The third-order valence-electron chi connectivity index (χ3n) is 4.12. The van der Waals surface area contributed by atoms with Gasteiger partial charge in [-0.3, -0.25) is 0 Å². The van der Waals surface area contributed by atoms with Gasteiger partial charge in [-0.25, -0.2) is 0 Å². The zero-order valence-electron chi connectivity index (χ0n) is 10.9. The van der Waals surface area contributed by atoms with Crippen molar-refractivity contribution < 1.29 is 0 Å². The summed E-state index contributed by atoms with van der Waals surface area (Å²) < 4.78 is 0. The maximum absolute atomic E-state index is 3.63. The maximum Gasteiger partial charge on any atom is 0.00953 e. The van der Waals surface area contributed by atoms with Crippen LogP contribution in [0.3, 0.4) is 0 Å². The van der Waals surface area contributed by atoms with Crippen molar-refractivity contribution in [1.29, 1.82) is 0 Å². The molecular formula is C14H29N. The molecule has 1 N–H and O–H groups in total. The highest BCUT2D eigenvalue weighted by molar-refractivity contribution is 4.86. The Balaban J connectivity index is 2.15. The Hall–Kier alpha value is -0.0400. The van der Waals surface area contributed by atoms with Crippen molar-refractivity contribution in [3.63, 3.8) is 0 Å². The van der Waals surface area contributed by atoms with Gasteiger partial charge in [0, 0.05) is 6.04 Å². The summed E-state index contributed by atoms with van der Waals surface area (Å²) in [4.78, 5) is 0. The van der Waals surface area contributed by atoms with E-state index >= 15 is 0 Å². The van der Waals surface area contributed by atoms with E-state index in [0.717, 1.165) is 24.4 Å². The SMILES string of the molecule is CCCCCCC1CCC(NCC)C1C. The Morgan fingerprint density at radius 2 is 1.87 bits per heavy atom. The Morgan fingerprint density at radius 1 is 1.07 bits per heavy atom. The zero-order valence-corrected chi connectivity index (χ0v) is 10.9. The molecule has 0 aromatic carbocycles. The Morgan fingerprint density at radius 3 is 2.53 bits per heavy atom. The van der Waals surface area contributed by atoms with Crippen LogP contribution in [0.1, 0.15) is 65.7 Å². The molecule has 0 spiro atoms. The molecule has 0 amide bonds. The summed E-state index contributed by atoms with van der Waals surface area (Å²) >= 11 is 0. The van der Waals surface area contributed by atoms with E-state index in [1.54, 1.807) is 0 Å². The predicted octanol–water partition coefficient (Wildman–Crippen LogP) is 3.98. The van der Waals surface area contributed by atoms with E-state index in [0.29, 0.717) is 0 Å². The van der Waals surface area contributed by atoms with E-state index in [2.05, 4.69) is 26.1 Å². The van der Waals surface area contributed by atoms with Crippen molar-refractivity contribution in [2.45, 2.75) is 71.8 Å². The molecule has 0 aromatic heterocycles. The summed E-state index contributed by atoms with van der Waals surface area (Å²) in [6, 6.07) is 0.811. The summed E-state index contributed by atoms with van der Waals surface area (Å²) in [5.74, 6) is 1.91. The molecule has 1 rings (SSSR count). The molecule has 0 aliphatic heterocycles. The lowest BCUT2D eigenvalue weighted by Gasteiger charge is -2.21. The number of unbranched alkanes of at least 4 members (excludes halogenated alkanes) is 3. The molecule has 1 aliphatic rings. The van der Waals surface area contributed by atoms with Gasteiger partial charge in [-0.15, -0.1) is 0 Å². The molecule has 0 heterocycles. The molecule has 3 unspecified atom stereocenters. The van der Waals surface area contributed by atoms with Crippen molar-refractivity contribution in [3.8, 4) is 0 Å². The second-order valence-electron chi connectivity index (χ2n) is 5.21. The summed E-state index contributed by atoms with van der Waals surface area (Å²) in [5.41, 5.74) is 0. The summed E-state index contributed by atoms with van der Waals surface area (Å²) in [6.45, 7) is 8.10. The summed E-state index contributed by atoms with van der Waals surface area (Å²) in [5, 5.41) is 3.63. The van der Waals surface area contributed by atoms with Crippen LogP contribution in [0.25, 0.3) is 0 Å². The van der Waals surface area contributed by atoms with E-state index in [9.17, 15) is 0 Å². The number of rotatable bonds is 7. The van der Waals surface area contributed by atoms with Gasteiger partial charge in [0.2, 0.25) is 0 Å². The van der Waals surface area contributed by atoms with Crippen molar-refractivity contribution >= 4 is 0 Å². The van der Waals surface area contributed by atoms with Gasteiger partial charge in [0.1, 0.15) is 0 Å². The fourth-order valence-electron chi connectivity index (χ4n) is 3.04. The van der Waals surface area contributed by atoms with Gasteiger partial charge in [0.05, 0.1) is 0 Å². The van der Waals surface area contributed by atoms with Crippen LogP contribution in [0.2, 0.25) is 0 Å². The highest BCUT2D eigenvalue weighted by Gasteiger charge is 2.31. The Labute approximate surface area is 96.0 Å². The largest absolute Gasteiger partial charge is 0.314 e. The minimum Gasteiger partial charge on any atom is -0.314 e. The lowest BCUT2D eigenvalue weighted by Crippen LogP contribution is -2.32. The van der Waals surface area contributed by atoms with Crippen LogP contribution in [0.5, 0.6) is 0 Å². The first-order valence-electron chi connectivity index (χ1n) is 7.03. The molecule has 0 radical (unpaired) electrons. The van der Waals surface area contributed by atoms with Gasteiger partial charge in [-0.1, -0.05) is 52.9 Å². The van der Waals surface area contributed by atoms with Crippen molar-refractivity contribution in [1.82, 2.24) is 5.32 Å². The van der Waals surface area contributed by atoms with Gasteiger partial charge in [0.25, 0.3) is 0 Å². The first-order valence-corrected chi connectivity index (χ1v) is 7.03. The minimum absolute atomic E-state index is 0.811. The van der Waals surface area contributed by atoms with E-state index in [1.807, 2.05) is 0 Å². The fraction of sp³-hybridized carbons (Fsp3) is 1.00. The molecule has 3 atom stereocenters. The van der Waals surface area contributed by atoms with Crippen LogP contribution in [0, 0.1) is 11.8 Å². The lowest BCUT2D eigenvalue weighted by atomic mass is 9.90. The quantitative estimate of drug-likeness (QED) is 0.628. The van der Waals surface area contributed by atoms with Gasteiger partial charge in [0.15, 0.2) is 0 Å². The molecule has 1 fully saturated rings. The molecule has 0 aromatic rings. The summed E-state index contributed by atoms with van der Waals surface area (Å²) in [6.07, 6.45) is 10.0. The van der Waals surface area contributed by atoms with Crippen LogP contribution in [0.4, 0.5) is 0 Å². The van der Waals surface area contributed by atoms with E-state index < -0.39 is 0 Å². The number of hydrogen-bond acceptors (Lipinski definition) is 1. The molecule has 1 aliphatic carbocycles. The normalized spacial score (nSPS) is 31.0. The molecule has 15 heavy (non-hydrogen) atoms. The third kappa shape index (κ3) is 4.14. The second kappa shape index (κ2) is 7.27. The van der Waals surface area contributed by atoms with Crippen molar-refractivity contribution in [3.05, 3.63) is 0 Å². The molecule has 1 saturated carbocycles. The predicted molar refractivity (Wildman–Crippen MR) is 68.1 cm³/mol. The van der Waals surface area contributed by atoms with Gasteiger partial charge in [-0.05, 0) is 31.2 Å². The van der Waals surface area contributed by atoms with Gasteiger partial charge >= 0.3 is 0 Å². The third-order valence-corrected chi connectivity index (χ3v) is 4.12. The van der Waals surface area contributed by atoms with E-state index in [1.165, 1.54) is 44.9 Å². The molecular weight excluding hydrogens is 182 g/mol. The minimum atomic E-state index is 0.811. The number of nitrogens with one attached hydrogen (secondary N) is 1. The lowest BCUT2D eigenvalue weighted by molar-refractivity contribution is 0.331. The second-order valence-corrected chi connectivity index (χ2v) is 5.21. The average Bonchev–Trinajstić information content (AvgIpc) is 2.57. The van der Waals surface area contributed by atoms with Gasteiger partial charge < -0.3 is 5.32 Å². The highest BCUT2D eigenvalue weighted by atomic mass is 14.9. The van der Waals surface area contributed by atoms with Crippen LogP contribution in [-0.4, -0.2) is 12.6 Å². The smallest absolute Gasteiger partial charge is 0.00953 e. The van der Waals surface area contributed by atoms with Gasteiger partial charge in [-0.2, -0.15) is 0 Å². The van der Waals surface area contributed by atoms with Crippen LogP contribution >= 0.6 is 0 Å². The number of hydrogen-bond donors (Lipinski definition) is 1. The average molecular weight is 211 g/mol. The van der Waals surface area contributed by atoms with Crippen LogP contribution in [0.15, 0.2) is 0 Å². The van der Waals surface area contributed by atoms with E-state index in [4.69, 9.17) is 0 Å². The standard InChI is InChI=1S/C14H29N/c1-4-6-7-8-9-13-10-11-14(12(13)3)15-5-2/h12-15H,4-11H2,1-3H3.